The van der Waals surface area contributed by atoms with Crippen LogP contribution in [0.3, 0.4) is 0 Å². The smallest absolute Gasteiger partial charge is 0.252 e. The Kier molecular flexibility index (Phi) is 4.57. The van der Waals surface area contributed by atoms with E-state index in [0.29, 0.717) is 5.56 Å². The molecule has 0 radical (unpaired) electrons. The number of rotatable bonds is 5. The highest BCUT2D eigenvalue weighted by atomic mass is 16.1. The van der Waals surface area contributed by atoms with E-state index in [2.05, 4.69) is 20.8 Å². The third-order valence-corrected chi connectivity index (χ3v) is 3.33. The molecule has 0 spiro atoms. The van der Waals surface area contributed by atoms with Crippen LogP contribution in [-0.2, 0) is 7.05 Å². The highest BCUT2D eigenvalue weighted by molar-refractivity contribution is 5.96. The summed E-state index contributed by atoms with van der Waals surface area (Å²) >= 11 is 0. The van der Waals surface area contributed by atoms with Gasteiger partial charge in [0.2, 0.25) is 0 Å². The molecule has 21 heavy (non-hydrogen) atoms. The van der Waals surface area contributed by atoms with Crippen molar-refractivity contribution in [2.45, 2.75) is 26.8 Å². The van der Waals surface area contributed by atoms with Crippen LogP contribution in [0.15, 0.2) is 24.5 Å². The van der Waals surface area contributed by atoms with Crippen LogP contribution >= 0.6 is 0 Å². The number of carbonyl (C=O) groups is 1. The lowest BCUT2D eigenvalue weighted by atomic mass is 10.1. The number of aromatic nitrogens is 3. The quantitative estimate of drug-likeness (QED) is 0.883. The Balaban J connectivity index is 2.12. The lowest BCUT2D eigenvalue weighted by Gasteiger charge is -2.15. The van der Waals surface area contributed by atoms with Crippen LogP contribution in [0, 0.1) is 6.92 Å². The molecule has 1 aromatic carbocycles. The number of carbonyl (C=O) groups excluding carboxylic acids is 1. The maximum Gasteiger partial charge on any atom is 0.252 e. The van der Waals surface area contributed by atoms with Crippen LogP contribution in [0.2, 0.25) is 0 Å². The second-order valence-corrected chi connectivity index (χ2v) is 5.06. The summed E-state index contributed by atoms with van der Waals surface area (Å²) in [6.45, 7) is 6.72. The summed E-state index contributed by atoms with van der Waals surface area (Å²) in [6, 6.07) is 5.54. The minimum atomic E-state index is -0.196. The molecule has 1 unspecified atom stereocenters. The van der Waals surface area contributed by atoms with E-state index in [-0.39, 0.29) is 11.9 Å². The average molecular weight is 287 g/mol. The minimum Gasteiger partial charge on any atom is -0.385 e. The SMILES string of the molecule is CCNc1ccc(C(=O)NC(C)c2nncn2C)c(C)c1. The molecule has 1 atom stereocenters. The van der Waals surface area contributed by atoms with Gasteiger partial charge in [-0.3, -0.25) is 4.79 Å². The van der Waals surface area contributed by atoms with Crippen molar-refractivity contribution in [3.63, 3.8) is 0 Å². The van der Waals surface area contributed by atoms with Gasteiger partial charge >= 0.3 is 0 Å². The fourth-order valence-corrected chi connectivity index (χ4v) is 2.26. The standard InChI is InChI=1S/C15H21N5O/c1-5-16-12-6-7-13(10(2)8-12)15(21)18-11(3)14-19-17-9-20(14)4/h6-9,11,16H,5H2,1-4H3,(H,18,21). The Labute approximate surface area is 124 Å². The zero-order valence-corrected chi connectivity index (χ0v) is 12.8. The van der Waals surface area contributed by atoms with Gasteiger partial charge in [0.25, 0.3) is 5.91 Å². The van der Waals surface area contributed by atoms with Crippen molar-refractivity contribution in [2.24, 2.45) is 7.05 Å². The van der Waals surface area contributed by atoms with E-state index < -0.39 is 0 Å². The molecule has 2 rings (SSSR count). The number of nitrogens with zero attached hydrogens (tertiary/aromatic N) is 3. The van der Waals surface area contributed by atoms with E-state index in [1.807, 2.05) is 46.0 Å². The van der Waals surface area contributed by atoms with E-state index in [0.717, 1.165) is 23.6 Å². The van der Waals surface area contributed by atoms with Gasteiger partial charge in [-0.1, -0.05) is 0 Å². The molecule has 0 aliphatic carbocycles. The predicted octanol–water partition coefficient (Wildman–Crippen LogP) is 2.05. The molecule has 0 aliphatic rings. The van der Waals surface area contributed by atoms with E-state index in [1.165, 1.54) is 0 Å². The molecule has 0 aliphatic heterocycles. The van der Waals surface area contributed by atoms with Crippen LogP contribution in [0.25, 0.3) is 0 Å². The van der Waals surface area contributed by atoms with E-state index in [4.69, 9.17) is 0 Å². The Bertz CT molecular complexity index is 635. The molecule has 2 N–H and O–H groups in total. The second-order valence-electron chi connectivity index (χ2n) is 5.06. The Morgan fingerprint density at radius 1 is 1.43 bits per heavy atom. The first-order valence-electron chi connectivity index (χ1n) is 7.02. The molecule has 0 bridgehead atoms. The zero-order valence-electron chi connectivity index (χ0n) is 12.8. The summed E-state index contributed by atoms with van der Waals surface area (Å²) in [4.78, 5) is 12.4. The first-order chi connectivity index (χ1) is 10.0. The molecule has 1 amide bonds. The summed E-state index contributed by atoms with van der Waals surface area (Å²) < 4.78 is 1.80. The average Bonchev–Trinajstić information content (AvgIpc) is 2.85. The number of nitrogens with one attached hydrogen (secondary N) is 2. The topological polar surface area (TPSA) is 71.8 Å². The van der Waals surface area contributed by atoms with Crippen molar-refractivity contribution in [1.29, 1.82) is 0 Å². The highest BCUT2D eigenvalue weighted by Gasteiger charge is 2.16. The van der Waals surface area contributed by atoms with Crippen LogP contribution in [0.1, 0.15) is 41.6 Å². The number of amides is 1. The normalized spacial score (nSPS) is 12.0. The fraction of sp³-hybridized carbons (Fsp3) is 0.400. The molecule has 112 valence electrons. The Morgan fingerprint density at radius 2 is 2.19 bits per heavy atom. The van der Waals surface area contributed by atoms with E-state index in [9.17, 15) is 4.79 Å². The van der Waals surface area contributed by atoms with E-state index >= 15 is 0 Å². The monoisotopic (exact) mass is 287 g/mol. The zero-order chi connectivity index (χ0) is 15.4. The van der Waals surface area contributed by atoms with Gasteiger partial charge in [-0.15, -0.1) is 10.2 Å². The third-order valence-electron chi connectivity index (χ3n) is 3.33. The number of anilines is 1. The van der Waals surface area contributed by atoms with Gasteiger partial charge in [0.15, 0.2) is 5.82 Å². The largest absolute Gasteiger partial charge is 0.385 e. The lowest BCUT2D eigenvalue weighted by Crippen LogP contribution is -2.29. The van der Waals surface area contributed by atoms with Gasteiger partial charge in [-0.25, -0.2) is 0 Å². The Hall–Kier alpha value is -2.37. The maximum atomic E-state index is 12.4. The molecule has 6 nitrogen and oxygen atoms in total. The van der Waals surface area contributed by atoms with E-state index in [1.54, 1.807) is 10.9 Å². The second kappa shape index (κ2) is 6.39. The summed E-state index contributed by atoms with van der Waals surface area (Å²) in [6.07, 6.45) is 1.62. The van der Waals surface area contributed by atoms with Gasteiger partial charge in [0, 0.05) is 24.8 Å². The first-order valence-corrected chi connectivity index (χ1v) is 7.02. The molecule has 2 aromatic rings. The van der Waals surface area contributed by atoms with Gasteiger partial charge in [0.05, 0.1) is 6.04 Å². The van der Waals surface area contributed by atoms with Crippen LogP contribution in [0.4, 0.5) is 5.69 Å². The number of hydrogen-bond acceptors (Lipinski definition) is 4. The first kappa shape index (κ1) is 15.0. The number of aryl methyl sites for hydroxylation is 2. The van der Waals surface area contributed by atoms with Crippen molar-refractivity contribution < 1.29 is 4.79 Å². The summed E-state index contributed by atoms with van der Waals surface area (Å²) in [5, 5.41) is 14.0. The maximum absolute atomic E-state index is 12.4. The van der Waals surface area contributed by atoms with Crippen LogP contribution in [0.5, 0.6) is 0 Å². The molecular weight excluding hydrogens is 266 g/mol. The third kappa shape index (κ3) is 3.39. The van der Waals surface area contributed by atoms with Crippen molar-refractivity contribution in [3.8, 4) is 0 Å². The molecule has 6 heteroatoms. The molecule has 1 heterocycles. The van der Waals surface area contributed by atoms with Crippen molar-refractivity contribution in [3.05, 3.63) is 41.5 Å². The summed E-state index contributed by atoms with van der Waals surface area (Å²) in [5.41, 5.74) is 2.63. The van der Waals surface area contributed by atoms with Gasteiger partial charge < -0.3 is 15.2 Å². The predicted molar refractivity (Wildman–Crippen MR) is 82.2 cm³/mol. The highest BCUT2D eigenvalue weighted by Crippen LogP contribution is 2.16. The number of benzene rings is 1. The van der Waals surface area contributed by atoms with Gasteiger partial charge in [-0.2, -0.15) is 0 Å². The number of hydrogen-bond donors (Lipinski definition) is 2. The molecule has 0 saturated carbocycles. The van der Waals surface area contributed by atoms with Gasteiger partial charge in [0.1, 0.15) is 6.33 Å². The lowest BCUT2D eigenvalue weighted by molar-refractivity contribution is 0.0937. The van der Waals surface area contributed by atoms with Crippen molar-refractivity contribution in [1.82, 2.24) is 20.1 Å². The Morgan fingerprint density at radius 3 is 2.76 bits per heavy atom. The van der Waals surface area contributed by atoms with Crippen LogP contribution < -0.4 is 10.6 Å². The van der Waals surface area contributed by atoms with Gasteiger partial charge in [-0.05, 0) is 44.5 Å². The minimum absolute atomic E-state index is 0.106. The molecular formula is C15H21N5O. The summed E-state index contributed by atoms with van der Waals surface area (Å²) in [7, 11) is 1.86. The van der Waals surface area contributed by atoms with Crippen LogP contribution in [-0.4, -0.2) is 27.2 Å². The fourth-order valence-electron chi connectivity index (χ4n) is 2.26. The van der Waals surface area contributed by atoms with Crippen molar-refractivity contribution in [2.75, 3.05) is 11.9 Å². The molecule has 0 fully saturated rings. The van der Waals surface area contributed by atoms with Crippen molar-refractivity contribution >= 4 is 11.6 Å². The molecule has 1 aromatic heterocycles. The molecule has 0 saturated heterocycles. The summed E-state index contributed by atoms with van der Waals surface area (Å²) in [5.74, 6) is 0.622.